The number of methoxy groups -OCH3 is 3. The van der Waals surface area contributed by atoms with E-state index in [0.717, 1.165) is 6.42 Å². The third-order valence-electron chi connectivity index (χ3n) is 18.6. The Morgan fingerprint density at radius 1 is 0.412 bits per heavy atom. The van der Waals surface area contributed by atoms with Crippen LogP contribution >= 0.6 is 37.0 Å². The number of ether oxygens (including phenoxy) is 20. The van der Waals surface area contributed by atoms with Gasteiger partial charge < -0.3 is 135 Å². The average molecular weight is 1780 g/mol. The molecular formula is C64H108Na6O40S4. The van der Waals surface area contributed by atoms with Crippen molar-refractivity contribution in [1.29, 1.82) is 0 Å². The fraction of sp³-hybridized carbons (Fsp3) is 0.969. The minimum atomic E-state index is -5.36. The maximum absolute atomic E-state index is 14.4. The summed E-state index contributed by atoms with van der Waals surface area (Å²) in [4.78, 5) is 28.6. The van der Waals surface area contributed by atoms with Crippen molar-refractivity contribution in [3.05, 3.63) is 0 Å². The molecule has 40 nitrogen and oxygen atoms in total. The van der Waals surface area contributed by atoms with E-state index in [4.69, 9.17) is 111 Å². The molecule has 7 aliphatic rings. The maximum atomic E-state index is 14.4. The van der Waals surface area contributed by atoms with Gasteiger partial charge in [-0.05, 0) is 51.4 Å². The molecule has 7 fully saturated rings. The van der Waals surface area contributed by atoms with Gasteiger partial charge in [-0.25, -0.2) is 8.42 Å². The summed E-state index contributed by atoms with van der Waals surface area (Å²) in [5.41, 5.74) is -5.43. The number of carboxylic acids is 2. The van der Waals surface area contributed by atoms with Crippen molar-refractivity contribution in [2.45, 2.75) is 304 Å². The van der Waals surface area contributed by atoms with Crippen molar-refractivity contribution in [3.63, 3.8) is 0 Å². The Kier molecular flexibility index (Phi) is 67.8. The number of rotatable bonds is 59. The summed E-state index contributed by atoms with van der Waals surface area (Å²) < 4.78 is 202. The van der Waals surface area contributed by atoms with Crippen LogP contribution in [0.1, 0.15) is 152 Å². The number of carbonyl (C=O) groups excluding carboxylic acids is 2. The molecule has 10 unspecified atom stereocenters. The van der Waals surface area contributed by atoms with Crippen LogP contribution in [0.2, 0.25) is 0 Å². The predicted octanol–water partition coefficient (Wildman–Crippen LogP) is -17.5. The van der Waals surface area contributed by atoms with Crippen molar-refractivity contribution >= 4 is 59.3 Å². The van der Waals surface area contributed by atoms with Gasteiger partial charge in [0.15, 0.2) is 86.2 Å². The Bertz CT molecular complexity index is 2590. The molecule has 7 rings (SSSR count). The van der Waals surface area contributed by atoms with Gasteiger partial charge in [-0.3, -0.25) is 31.8 Å². The van der Waals surface area contributed by atoms with Crippen molar-refractivity contribution in [3.8, 4) is 0 Å². The topological polar surface area (TPSA) is 484 Å². The second-order valence-corrected chi connectivity index (χ2v) is 28.3. The van der Waals surface area contributed by atoms with E-state index < -0.39 is 201 Å². The largest absolute Gasteiger partial charge is 1.00 e. The van der Waals surface area contributed by atoms with Crippen LogP contribution in [-0.4, -0.2) is 271 Å². The van der Waals surface area contributed by atoms with Gasteiger partial charge in [-0.1, -0.05) is 100 Å². The molecule has 0 aromatic carbocycles. The van der Waals surface area contributed by atoms with Gasteiger partial charge in [-0.15, -0.1) is 13.0 Å². The van der Waals surface area contributed by atoms with Crippen molar-refractivity contribution in [2.75, 3.05) is 94.0 Å². The minimum absolute atomic E-state index is 0. The van der Waals surface area contributed by atoms with Crippen LogP contribution < -0.4 is 203 Å². The van der Waals surface area contributed by atoms with Crippen LogP contribution in [0.5, 0.6) is 0 Å². The first-order valence-electron chi connectivity index (χ1n) is 36.6. The van der Waals surface area contributed by atoms with Crippen LogP contribution in [0, 0.1) is 0 Å². The second-order valence-electron chi connectivity index (χ2n) is 25.8. The summed E-state index contributed by atoms with van der Waals surface area (Å²) in [6, 6.07) is 0. The van der Waals surface area contributed by atoms with E-state index in [0.29, 0.717) is 90.1 Å². The number of carboxylic acid groups (broad SMARTS) is 2. The zero-order valence-electron chi connectivity index (χ0n) is 68.6. The molecule has 50 heteroatoms. The summed E-state index contributed by atoms with van der Waals surface area (Å²) in [6.45, 7) is 13.3. The molecule has 0 aromatic heterocycles. The van der Waals surface area contributed by atoms with E-state index in [1.54, 1.807) is 0 Å². The van der Waals surface area contributed by atoms with Crippen LogP contribution in [-0.2, 0) is 160 Å². The fourth-order valence-corrected chi connectivity index (χ4v) is 14.3. The summed E-state index contributed by atoms with van der Waals surface area (Å²) in [5.74, 6) is -3.84. The Labute approximate surface area is 813 Å². The number of aliphatic carboxylic acids is 2. The SMILES string of the molecule is CCCCOCC1O[C@H](OC)C(OSOO[O-])[C@@H](OCCCC)[C@@H]1O[C@@H]1OC2(C(=O)[O-])COC1[C@@H](OC)[C@@H]2O[C@@H]1OC(COCCCC)[C@@H](O[C@@H]2OC(CC)(C(=O)[O-])[C@@H](O[C@@H]3OC(COS(=O)(=O)[O-])[C@@H](OCCCC)[C@H](OCCCC)C3OCCCC)[C@H](OC)C2OCCCC)[C@H](OSOO[O-])C1OSOO[O-].[Na+].[Na+].[Na+].[Na+].[Na+].[Na+]. The number of unbranched alkanes of at least 4 members (excludes halogenated alkanes) is 7. The average Bonchev–Trinajstić information content (AvgIpc) is 0.722. The molecule has 7 heterocycles. The predicted molar refractivity (Wildman–Crippen MR) is 354 cm³/mol. The quantitative estimate of drug-likeness (QED) is 0.0104. The molecule has 0 aromatic rings. The standard InChI is InChI=1S/C64H114O40S4.6Na/c1-12-20-27-78-34-38-42(45(82-31-24-16-5)52(56(77-11)87-38)97-106-103-100-70)90-60-51-48(76-10)55(64(95-60,37-85-51)62(67)68)93-58-53(98-107-104-101-71)46(96-105-102-99-69)43(39(88-58)35-79-28-21-13-2)91-59-50(84-33-26-18-7)47(75-9)54(63(19-8,94-59)61(65)66)92-57-49(83-32-25-17-6)44(81-30-23-15-4)41(80-29-22-14-3)40(89-57)36-86-108(72,73)74;;;;;;/h38-60,69-71H,12-37H2,1-11H3,(H,65,66)(H,67,68)(H,72,73,74);;;;;;/q;6*+1/p-6/t38?,39?,40?,41-,42-,43-,44+,45+,46+,47-,48-,49?,50?,51?,52?,53?,54+,55+,56+,57+,58+,59-,60-,63?,64?;;;;;;/m1....../s1. The molecule has 0 amide bonds. The van der Waals surface area contributed by atoms with Crippen molar-refractivity contribution < 1.29 is 365 Å². The molecule has 2 bridgehead atoms. The normalized spacial score (nSPS) is 33.3. The number of fused-ring (bicyclic) bond motifs is 3. The third kappa shape index (κ3) is 34.8. The summed E-state index contributed by atoms with van der Waals surface area (Å²) in [5, 5.41) is 73.5. The molecular weight excluding hydrogens is 1670 g/mol. The van der Waals surface area contributed by atoms with Gasteiger partial charge in [0.1, 0.15) is 103 Å². The Morgan fingerprint density at radius 2 is 0.798 bits per heavy atom. The van der Waals surface area contributed by atoms with Crippen LogP contribution in [0.4, 0.5) is 0 Å². The maximum Gasteiger partial charge on any atom is 1.00 e. The minimum Gasteiger partial charge on any atom is -0.726 e. The van der Waals surface area contributed by atoms with E-state index in [1.807, 2.05) is 48.5 Å². The molecule has 25 atom stereocenters. The van der Waals surface area contributed by atoms with Crippen LogP contribution in [0.15, 0.2) is 0 Å². The molecule has 0 spiro atoms. The molecule has 7 aliphatic heterocycles. The number of carbonyl (C=O) groups is 2. The van der Waals surface area contributed by atoms with Gasteiger partial charge in [0, 0.05) is 67.6 Å². The van der Waals surface area contributed by atoms with E-state index in [1.165, 1.54) is 28.3 Å². The zero-order chi connectivity index (χ0) is 78.7. The third-order valence-corrected chi connectivity index (χ3v) is 20.3. The van der Waals surface area contributed by atoms with Gasteiger partial charge in [0.2, 0.25) is 10.4 Å². The second kappa shape index (κ2) is 65.2. The molecule has 114 heavy (non-hydrogen) atoms. The van der Waals surface area contributed by atoms with E-state index in [-0.39, 0.29) is 261 Å². The summed E-state index contributed by atoms with van der Waals surface area (Å²) in [7, 11) is -1.60. The first-order chi connectivity index (χ1) is 52.3. The summed E-state index contributed by atoms with van der Waals surface area (Å²) in [6.07, 6.45) is -27.9. The first kappa shape index (κ1) is 119. The Morgan fingerprint density at radius 3 is 1.23 bits per heavy atom. The van der Waals surface area contributed by atoms with Crippen LogP contribution in [0.3, 0.4) is 0 Å². The van der Waals surface area contributed by atoms with E-state index in [2.05, 4.69) is 28.1 Å². The summed E-state index contributed by atoms with van der Waals surface area (Å²) >= 11 is -0.0653. The van der Waals surface area contributed by atoms with Gasteiger partial charge in [-0.2, -0.15) is 0 Å². The van der Waals surface area contributed by atoms with Gasteiger partial charge in [0.05, 0.1) is 38.4 Å². The molecule has 0 N–H and O–H groups in total. The first-order valence-corrected chi connectivity index (χ1v) is 39.9. The van der Waals surface area contributed by atoms with Gasteiger partial charge >= 0.3 is 177 Å². The molecule has 634 valence electrons. The van der Waals surface area contributed by atoms with Crippen LogP contribution in [0.25, 0.3) is 0 Å². The fourth-order valence-electron chi connectivity index (χ4n) is 13.0. The van der Waals surface area contributed by atoms with E-state index >= 15 is 0 Å². The Hall–Kier alpha value is 4.58. The molecule has 0 aliphatic carbocycles. The zero-order valence-corrected chi connectivity index (χ0v) is 83.9. The van der Waals surface area contributed by atoms with Crippen molar-refractivity contribution in [1.82, 2.24) is 0 Å². The number of hydrogen-bond donors (Lipinski definition) is 0. The van der Waals surface area contributed by atoms with Gasteiger partial charge in [0.25, 0.3) is 0 Å². The van der Waals surface area contributed by atoms with E-state index in [9.17, 15) is 48.5 Å². The molecule has 7 saturated heterocycles. The monoisotopic (exact) mass is 1780 g/mol. The number of hydrogen-bond acceptors (Lipinski definition) is 43. The van der Waals surface area contributed by atoms with Crippen molar-refractivity contribution in [2.24, 2.45) is 0 Å². The molecule has 0 saturated carbocycles. The Balaban J connectivity index is 0.0000213. The smallest absolute Gasteiger partial charge is 0.726 e. The molecule has 0 radical (unpaired) electrons.